The third kappa shape index (κ3) is 4.92. The van der Waals surface area contributed by atoms with E-state index in [1.54, 1.807) is 24.3 Å². The molecule has 0 spiro atoms. The highest BCUT2D eigenvalue weighted by atomic mass is 16.6. The largest absolute Gasteiger partial charge is 0.450 e. The fourth-order valence-electron chi connectivity index (χ4n) is 2.47. The SMILES string of the molecule is C/C(=N\Nc1ccccc1)c1ccc(Oc2ccc([N+](=O)[O-])cc2[N+](=O)[O-])cc1. The summed E-state index contributed by atoms with van der Waals surface area (Å²) in [7, 11) is 0. The number of rotatable bonds is 7. The van der Waals surface area contributed by atoms with Crippen molar-refractivity contribution in [3.8, 4) is 11.5 Å². The molecule has 0 aromatic heterocycles. The van der Waals surface area contributed by atoms with Crippen LogP contribution < -0.4 is 10.2 Å². The standard InChI is InChI=1S/C20H16N4O5/c1-14(21-22-16-5-3-2-4-6-16)15-7-10-18(11-8-15)29-20-12-9-17(23(25)26)13-19(20)24(27)28/h2-13,22H,1H3/b21-14+. The first-order valence-corrected chi connectivity index (χ1v) is 8.50. The third-order valence-corrected chi connectivity index (χ3v) is 3.98. The summed E-state index contributed by atoms with van der Waals surface area (Å²) in [4.78, 5) is 20.6. The highest BCUT2D eigenvalue weighted by Crippen LogP contribution is 2.34. The molecule has 29 heavy (non-hydrogen) atoms. The molecule has 0 heterocycles. The van der Waals surface area contributed by atoms with Gasteiger partial charge in [0.05, 0.1) is 27.3 Å². The van der Waals surface area contributed by atoms with Gasteiger partial charge in [0.15, 0.2) is 0 Å². The molecule has 0 atom stereocenters. The lowest BCUT2D eigenvalue weighted by Gasteiger charge is -2.08. The maximum Gasteiger partial charge on any atom is 0.318 e. The Hall–Kier alpha value is -4.27. The molecular formula is C20H16N4O5. The van der Waals surface area contributed by atoms with Gasteiger partial charge in [-0.2, -0.15) is 5.10 Å². The molecule has 146 valence electrons. The van der Waals surface area contributed by atoms with Crippen LogP contribution >= 0.6 is 0 Å². The summed E-state index contributed by atoms with van der Waals surface area (Å²) < 4.78 is 5.55. The number of nitrogens with zero attached hydrogens (tertiary/aromatic N) is 3. The fourth-order valence-corrected chi connectivity index (χ4v) is 2.47. The Labute approximate surface area is 165 Å². The Balaban J connectivity index is 1.75. The van der Waals surface area contributed by atoms with Gasteiger partial charge in [0.1, 0.15) is 5.75 Å². The number of benzene rings is 3. The molecular weight excluding hydrogens is 376 g/mol. The quantitative estimate of drug-likeness (QED) is 0.338. The second kappa shape index (κ2) is 8.61. The Kier molecular flexibility index (Phi) is 5.79. The van der Waals surface area contributed by atoms with Gasteiger partial charge in [-0.1, -0.05) is 18.2 Å². The molecule has 0 saturated carbocycles. The number of nitrogens with one attached hydrogen (secondary N) is 1. The molecule has 9 heteroatoms. The van der Waals surface area contributed by atoms with Crippen LogP contribution in [0.1, 0.15) is 12.5 Å². The highest BCUT2D eigenvalue weighted by Gasteiger charge is 2.21. The van der Waals surface area contributed by atoms with E-state index in [9.17, 15) is 20.2 Å². The maximum atomic E-state index is 11.2. The summed E-state index contributed by atoms with van der Waals surface area (Å²) in [5.74, 6) is 0.277. The van der Waals surface area contributed by atoms with E-state index >= 15 is 0 Å². The van der Waals surface area contributed by atoms with Gasteiger partial charge < -0.3 is 4.74 Å². The van der Waals surface area contributed by atoms with E-state index in [0.717, 1.165) is 29.1 Å². The van der Waals surface area contributed by atoms with Crippen molar-refractivity contribution in [3.05, 3.63) is 98.6 Å². The van der Waals surface area contributed by atoms with Gasteiger partial charge in [-0.15, -0.1) is 0 Å². The second-order valence-corrected chi connectivity index (χ2v) is 5.97. The molecule has 0 unspecified atom stereocenters. The van der Waals surface area contributed by atoms with Crippen molar-refractivity contribution >= 4 is 22.8 Å². The zero-order valence-corrected chi connectivity index (χ0v) is 15.3. The zero-order chi connectivity index (χ0) is 20.8. The molecule has 0 bridgehead atoms. The van der Waals surface area contributed by atoms with Gasteiger partial charge in [0.2, 0.25) is 5.75 Å². The van der Waals surface area contributed by atoms with Gasteiger partial charge in [0.25, 0.3) is 5.69 Å². The lowest BCUT2D eigenvalue weighted by Crippen LogP contribution is -2.00. The molecule has 0 aliphatic heterocycles. The minimum absolute atomic E-state index is 0.0792. The van der Waals surface area contributed by atoms with Crippen LogP contribution in [0.25, 0.3) is 0 Å². The first kappa shape index (κ1) is 19.5. The van der Waals surface area contributed by atoms with Gasteiger partial charge in [-0.25, -0.2) is 0 Å². The summed E-state index contributed by atoms with van der Waals surface area (Å²) in [6.45, 7) is 1.84. The van der Waals surface area contributed by atoms with Crippen molar-refractivity contribution in [2.24, 2.45) is 5.10 Å². The average molecular weight is 392 g/mol. The van der Waals surface area contributed by atoms with Gasteiger partial charge in [0, 0.05) is 6.07 Å². The molecule has 1 N–H and O–H groups in total. The topological polar surface area (TPSA) is 120 Å². The highest BCUT2D eigenvalue weighted by molar-refractivity contribution is 5.99. The number of non-ortho nitro benzene ring substituents is 1. The van der Waals surface area contributed by atoms with Crippen LogP contribution in [-0.2, 0) is 0 Å². The summed E-state index contributed by atoms with van der Waals surface area (Å²) >= 11 is 0. The fraction of sp³-hybridized carbons (Fsp3) is 0.0500. The van der Waals surface area contributed by atoms with Crippen LogP contribution in [0.15, 0.2) is 77.9 Å². The van der Waals surface area contributed by atoms with Crippen LogP contribution in [-0.4, -0.2) is 15.6 Å². The monoisotopic (exact) mass is 392 g/mol. The zero-order valence-electron chi connectivity index (χ0n) is 15.3. The van der Waals surface area contributed by atoms with Crippen molar-refractivity contribution in [3.63, 3.8) is 0 Å². The molecule has 3 rings (SSSR count). The van der Waals surface area contributed by atoms with E-state index in [4.69, 9.17) is 4.74 Å². The first-order chi connectivity index (χ1) is 13.9. The van der Waals surface area contributed by atoms with Crippen LogP contribution in [0, 0.1) is 20.2 Å². The molecule has 0 amide bonds. The van der Waals surface area contributed by atoms with E-state index in [-0.39, 0.29) is 11.4 Å². The Bertz CT molecular complexity index is 1070. The number of para-hydroxylation sites is 1. The smallest absolute Gasteiger partial charge is 0.318 e. The van der Waals surface area contributed by atoms with E-state index in [1.807, 2.05) is 37.3 Å². The Morgan fingerprint density at radius 1 is 0.931 bits per heavy atom. The van der Waals surface area contributed by atoms with Gasteiger partial charge >= 0.3 is 5.69 Å². The van der Waals surface area contributed by atoms with E-state index in [1.165, 1.54) is 6.07 Å². The predicted octanol–water partition coefficient (Wildman–Crippen LogP) is 5.13. The molecule has 0 aliphatic carbocycles. The summed E-state index contributed by atoms with van der Waals surface area (Å²) in [5, 5.41) is 26.3. The number of hydrazone groups is 1. The van der Waals surface area contributed by atoms with Crippen molar-refractivity contribution in [2.75, 3.05) is 5.43 Å². The van der Waals surface area contributed by atoms with Crippen molar-refractivity contribution < 1.29 is 14.6 Å². The van der Waals surface area contributed by atoms with E-state index in [0.29, 0.717) is 5.75 Å². The van der Waals surface area contributed by atoms with Crippen LogP contribution in [0.5, 0.6) is 11.5 Å². The molecule has 0 saturated heterocycles. The molecule has 9 nitrogen and oxygen atoms in total. The van der Waals surface area contributed by atoms with Crippen molar-refractivity contribution in [1.29, 1.82) is 0 Å². The average Bonchev–Trinajstić information content (AvgIpc) is 2.73. The van der Waals surface area contributed by atoms with Crippen molar-refractivity contribution in [2.45, 2.75) is 6.92 Å². The minimum atomic E-state index is -0.719. The third-order valence-electron chi connectivity index (χ3n) is 3.98. The normalized spacial score (nSPS) is 11.0. The molecule has 3 aromatic carbocycles. The number of nitro groups is 2. The van der Waals surface area contributed by atoms with Crippen LogP contribution in [0.2, 0.25) is 0 Å². The lowest BCUT2D eigenvalue weighted by atomic mass is 10.1. The number of anilines is 1. The van der Waals surface area contributed by atoms with Gasteiger partial charge in [-0.05, 0) is 55.0 Å². The van der Waals surface area contributed by atoms with Crippen molar-refractivity contribution in [1.82, 2.24) is 0 Å². The Morgan fingerprint density at radius 3 is 2.24 bits per heavy atom. The van der Waals surface area contributed by atoms with Crippen LogP contribution in [0.3, 0.4) is 0 Å². The summed E-state index contributed by atoms with van der Waals surface area (Å²) in [6, 6.07) is 19.5. The second-order valence-electron chi connectivity index (χ2n) is 5.97. The van der Waals surface area contributed by atoms with E-state index in [2.05, 4.69) is 10.5 Å². The van der Waals surface area contributed by atoms with Gasteiger partial charge in [-0.3, -0.25) is 25.7 Å². The molecule has 0 fully saturated rings. The molecule has 3 aromatic rings. The lowest BCUT2D eigenvalue weighted by molar-refractivity contribution is -0.394. The van der Waals surface area contributed by atoms with Crippen LogP contribution in [0.4, 0.5) is 17.1 Å². The minimum Gasteiger partial charge on any atom is -0.450 e. The number of ether oxygens (including phenoxy) is 1. The van der Waals surface area contributed by atoms with E-state index < -0.39 is 15.5 Å². The summed E-state index contributed by atoms with van der Waals surface area (Å²) in [6.07, 6.45) is 0. The number of hydrogen-bond donors (Lipinski definition) is 1. The first-order valence-electron chi connectivity index (χ1n) is 8.50. The number of nitro benzene ring substituents is 2. The maximum absolute atomic E-state index is 11.2. The summed E-state index contributed by atoms with van der Waals surface area (Å²) in [5.41, 5.74) is 4.53. The molecule has 0 radical (unpaired) electrons. The number of hydrogen-bond acceptors (Lipinski definition) is 7. The predicted molar refractivity (Wildman–Crippen MR) is 109 cm³/mol. The Morgan fingerprint density at radius 2 is 1.62 bits per heavy atom. The molecule has 0 aliphatic rings.